The first kappa shape index (κ1) is 17.3. The van der Waals surface area contributed by atoms with Crippen LogP contribution in [-0.2, 0) is 19.9 Å². The molecule has 6 nitrogen and oxygen atoms in total. The average Bonchev–Trinajstić information content (AvgIpc) is 2.56. The lowest BCUT2D eigenvalue weighted by Crippen LogP contribution is -2.68. The smallest absolute Gasteiger partial charge is 0.217 e. The van der Waals surface area contributed by atoms with E-state index in [1.807, 2.05) is 31.2 Å². The van der Waals surface area contributed by atoms with E-state index in [1.54, 1.807) is 7.11 Å². The van der Waals surface area contributed by atoms with Crippen LogP contribution in [0.4, 0.5) is 0 Å². The van der Waals surface area contributed by atoms with Crippen LogP contribution in [0.5, 0.6) is 5.75 Å². The zero-order valence-electron chi connectivity index (χ0n) is 14.1. The zero-order valence-corrected chi connectivity index (χ0v) is 14.1. The topological polar surface area (TPSA) is 80.6 Å². The highest BCUT2D eigenvalue weighted by Gasteiger charge is 2.57. The fraction of sp³-hybridized carbons (Fsp3) is 0.529. The van der Waals surface area contributed by atoms with E-state index in [0.717, 1.165) is 17.7 Å². The molecule has 0 bridgehead atoms. The third-order valence-corrected chi connectivity index (χ3v) is 4.52. The van der Waals surface area contributed by atoms with Crippen molar-refractivity contribution in [3.05, 3.63) is 29.8 Å². The number of hydrogen-bond acceptors (Lipinski definition) is 5. The SMILES string of the molecule is COC(=N)C1(NC(C)=O)CCCOC1(C)c1ccc(OC)cc1. The maximum absolute atomic E-state index is 11.8. The summed E-state index contributed by atoms with van der Waals surface area (Å²) in [5.74, 6) is 0.503. The van der Waals surface area contributed by atoms with Crippen LogP contribution in [0, 0.1) is 5.41 Å². The normalized spacial score (nSPS) is 27.1. The standard InChI is InChI=1S/C17H24N2O4/c1-12(20)19-17(15(18)22-4)10-5-11-23-16(17,2)13-6-8-14(21-3)9-7-13/h6-9,18H,5,10-11H2,1-4H3,(H,19,20). The maximum atomic E-state index is 11.8. The van der Waals surface area contributed by atoms with Crippen LogP contribution in [0.1, 0.15) is 32.3 Å². The van der Waals surface area contributed by atoms with Crippen molar-refractivity contribution >= 4 is 11.8 Å². The number of benzene rings is 1. The van der Waals surface area contributed by atoms with Crippen molar-refractivity contribution in [3.8, 4) is 5.75 Å². The molecule has 1 aromatic carbocycles. The van der Waals surface area contributed by atoms with Gasteiger partial charge in [-0.15, -0.1) is 0 Å². The van der Waals surface area contributed by atoms with Gasteiger partial charge in [0.1, 0.15) is 16.9 Å². The lowest BCUT2D eigenvalue weighted by atomic mass is 9.71. The number of carbonyl (C=O) groups excluding carboxylic acids is 1. The van der Waals surface area contributed by atoms with Gasteiger partial charge in [0.25, 0.3) is 0 Å². The molecule has 1 aliphatic heterocycles. The molecule has 1 heterocycles. The molecule has 6 heteroatoms. The molecular weight excluding hydrogens is 296 g/mol. The first-order chi connectivity index (χ1) is 10.9. The Morgan fingerprint density at radius 1 is 1.30 bits per heavy atom. The van der Waals surface area contributed by atoms with E-state index in [9.17, 15) is 4.79 Å². The van der Waals surface area contributed by atoms with Crippen molar-refractivity contribution in [2.45, 2.75) is 37.8 Å². The minimum atomic E-state index is -1.04. The summed E-state index contributed by atoms with van der Waals surface area (Å²) in [6, 6.07) is 7.47. The predicted octanol–water partition coefficient (Wildman–Crippen LogP) is 2.22. The molecule has 1 amide bonds. The van der Waals surface area contributed by atoms with Crippen LogP contribution in [0.2, 0.25) is 0 Å². The van der Waals surface area contributed by atoms with Crippen LogP contribution in [0.15, 0.2) is 24.3 Å². The molecule has 1 fully saturated rings. The van der Waals surface area contributed by atoms with Crippen molar-refractivity contribution in [2.75, 3.05) is 20.8 Å². The molecule has 2 N–H and O–H groups in total. The molecule has 2 atom stereocenters. The summed E-state index contributed by atoms with van der Waals surface area (Å²) in [4.78, 5) is 11.8. The molecule has 1 saturated heterocycles. The molecule has 126 valence electrons. The number of amides is 1. The van der Waals surface area contributed by atoms with E-state index < -0.39 is 11.1 Å². The summed E-state index contributed by atoms with van der Waals surface area (Å²) >= 11 is 0. The van der Waals surface area contributed by atoms with Crippen LogP contribution in [-0.4, -0.2) is 38.2 Å². The summed E-state index contributed by atoms with van der Waals surface area (Å²) in [5.41, 5.74) is -1.09. The van der Waals surface area contributed by atoms with E-state index in [1.165, 1.54) is 14.0 Å². The molecule has 0 aromatic heterocycles. The molecule has 1 aliphatic rings. The largest absolute Gasteiger partial charge is 0.497 e. The summed E-state index contributed by atoms with van der Waals surface area (Å²) in [7, 11) is 3.05. The van der Waals surface area contributed by atoms with Gasteiger partial charge in [0.15, 0.2) is 0 Å². The second-order valence-electron chi connectivity index (χ2n) is 5.83. The van der Waals surface area contributed by atoms with Gasteiger partial charge in [0, 0.05) is 13.5 Å². The van der Waals surface area contributed by atoms with Gasteiger partial charge in [-0.2, -0.15) is 0 Å². The molecule has 0 spiro atoms. The molecule has 1 aromatic rings. The number of ether oxygens (including phenoxy) is 3. The predicted molar refractivity (Wildman–Crippen MR) is 86.8 cm³/mol. The minimum Gasteiger partial charge on any atom is -0.497 e. The third-order valence-electron chi connectivity index (χ3n) is 4.52. The molecule has 23 heavy (non-hydrogen) atoms. The lowest BCUT2D eigenvalue weighted by molar-refractivity contribution is -0.139. The second kappa shape index (κ2) is 6.58. The van der Waals surface area contributed by atoms with Gasteiger partial charge in [-0.3, -0.25) is 10.2 Å². The number of carbonyl (C=O) groups is 1. The number of methoxy groups -OCH3 is 2. The fourth-order valence-corrected chi connectivity index (χ4v) is 3.26. The van der Waals surface area contributed by atoms with E-state index in [4.69, 9.17) is 19.6 Å². The van der Waals surface area contributed by atoms with Crippen LogP contribution >= 0.6 is 0 Å². The van der Waals surface area contributed by atoms with E-state index in [0.29, 0.717) is 13.0 Å². The highest BCUT2D eigenvalue weighted by Crippen LogP contribution is 2.44. The summed E-state index contributed by atoms with van der Waals surface area (Å²) in [5, 5.41) is 11.2. The Bertz CT molecular complexity index is 587. The highest BCUT2D eigenvalue weighted by atomic mass is 16.5. The van der Waals surface area contributed by atoms with E-state index in [-0.39, 0.29) is 11.8 Å². The van der Waals surface area contributed by atoms with Gasteiger partial charge >= 0.3 is 0 Å². The molecule has 2 unspecified atom stereocenters. The van der Waals surface area contributed by atoms with Gasteiger partial charge in [-0.25, -0.2) is 0 Å². The van der Waals surface area contributed by atoms with Crippen molar-refractivity contribution in [2.24, 2.45) is 0 Å². The first-order valence-electron chi connectivity index (χ1n) is 7.60. The van der Waals surface area contributed by atoms with E-state index >= 15 is 0 Å². The van der Waals surface area contributed by atoms with E-state index in [2.05, 4.69) is 5.32 Å². The van der Waals surface area contributed by atoms with Crippen molar-refractivity contribution in [1.82, 2.24) is 5.32 Å². The first-order valence-corrected chi connectivity index (χ1v) is 7.60. The van der Waals surface area contributed by atoms with Gasteiger partial charge in [-0.1, -0.05) is 12.1 Å². The van der Waals surface area contributed by atoms with Crippen molar-refractivity contribution < 1.29 is 19.0 Å². The number of hydrogen-bond donors (Lipinski definition) is 2. The monoisotopic (exact) mass is 320 g/mol. The number of nitrogens with one attached hydrogen (secondary N) is 2. The van der Waals surface area contributed by atoms with Crippen LogP contribution in [0.25, 0.3) is 0 Å². The zero-order chi connectivity index (χ0) is 17.1. The minimum absolute atomic E-state index is 0.00859. The Hall–Kier alpha value is -2.08. The quantitative estimate of drug-likeness (QED) is 0.658. The Morgan fingerprint density at radius 2 is 1.96 bits per heavy atom. The summed E-state index contributed by atoms with van der Waals surface area (Å²) < 4.78 is 16.5. The second-order valence-corrected chi connectivity index (χ2v) is 5.83. The molecular formula is C17H24N2O4. The Morgan fingerprint density at radius 3 is 2.48 bits per heavy atom. The third kappa shape index (κ3) is 2.91. The lowest BCUT2D eigenvalue weighted by Gasteiger charge is -2.51. The van der Waals surface area contributed by atoms with Crippen LogP contribution < -0.4 is 10.1 Å². The molecule has 2 rings (SSSR count). The maximum Gasteiger partial charge on any atom is 0.217 e. The Labute approximate surface area is 136 Å². The van der Waals surface area contributed by atoms with Gasteiger partial charge < -0.3 is 19.5 Å². The van der Waals surface area contributed by atoms with Gasteiger partial charge in [0.2, 0.25) is 11.8 Å². The highest BCUT2D eigenvalue weighted by molar-refractivity contribution is 5.90. The number of rotatable bonds is 4. The fourth-order valence-electron chi connectivity index (χ4n) is 3.26. The van der Waals surface area contributed by atoms with Gasteiger partial charge in [-0.05, 0) is 37.5 Å². The van der Waals surface area contributed by atoms with Crippen molar-refractivity contribution in [1.29, 1.82) is 5.41 Å². The summed E-state index contributed by atoms with van der Waals surface area (Å²) in [6.07, 6.45) is 1.31. The molecule has 0 aliphatic carbocycles. The Balaban J connectivity index is 2.55. The van der Waals surface area contributed by atoms with Gasteiger partial charge in [0.05, 0.1) is 14.2 Å². The van der Waals surface area contributed by atoms with Crippen LogP contribution in [0.3, 0.4) is 0 Å². The molecule has 0 saturated carbocycles. The summed E-state index contributed by atoms with van der Waals surface area (Å²) in [6.45, 7) is 3.88. The molecule has 0 radical (unpaired) electrons. The van der Waals surface area contributed by atoms with Crippen molar-refractivity contribution in [3.63, 3.8) is 0 Å². The average molecular weight is 320 g/mol. The Kier molecular flexibility index (Phi) is 4.94.